The number of carbonyl (C=O) groups is 1. The minimum absolute atomic E-state index is 0.0467. The second-order valence-electron chi connectivity index (χ2n) is 10.3. The van der Waals surface area contributed by atoms with Crippen molar-refractivity contribution in [3.05, 3.63) is 99.5 Å². The van der Waals surface area contributed by atoms with Gasteiger partial charge in [0, 0.05) is 34.7 Å². The van der Waals surface area contributed by atoms with Gasteiger partial charge in [0.15, 0.2) is 9.84 Å². The summed E-state index contributed by atoms with van der Waals surface area (Å²) in [6.07, 6.45) is 1.52. The van der Waals surface area contributed by atoms with Crippen molar-refractivity contribution >= 4 is 54.7 Å². The fourth-order valence-corrected chi connectivity index (χ4v) is 8.48. The number of hydrogen-bond donors (Lipinski definition) is 1. The summed E-state index contributed by atoms with van der Waals surface area (Å²) in [6.45, 7) is 0.915. The predicted molar refractivity (Wildman–Crippen MR) is 158 cm³/mol. The average Bonchev–Trinajstić information content (AvgIpc) is 3.21. The molecule has 1 N–H and O–H groups in total. The third-order valence-corrected chi connectivity index (χ3v) is 10.7. The van der Waals surface area contributed by atoms with E-state index in [9.17, 15) is 21.6 Å². The van der Waals surface area contributed by atoms with Gasteiger partial charge < -0.3 is 5.32 Å². The van der Waals surface area contributed by atoms with Crippen molar-refractivity contribution in [2.75, 3.05) is 35.2 Å². The first-order valence-electron chi connectivity index (χ1n) is 12.8. The molecule has 0 saturated carbocycles. The van der Waals surface area contributed by atoms with Crippen molar-refractivity contribution < 1.29 is 21.6 Å². The Hall–Kier alpha value is -2.63. The molecule has 2 saturated heterocycles. The number of sulfone groups is 1. The molecule has 0 aromatic heterocycles. The van der Waals surface area contributed by atoms with Gasteiger partial charge in [0.05, 0.1) is 35.5 Å². The molecule has 3 aromatic rings. The molecule has 2 aliphatic heterocycles. The van der Waals surface area contributed by atoms with E-state index in [4.69, 9.17) is 23.2 Å². The smallest absolute Gasteiger partial charge is 0.251 e. The normalized spacial score (nSPS) is 19.4. The molecule has 12 heteroatoms. The number of nitrogens with zero attached hydrogens (tertiary/aromatic N) is 2. The summed E-state index contributed by atoms with van der Waals surface area (Å²) in [5.41, 5.74) is 2.69. The Bertz CT molecular complexity index is 1560. The molecule has 212 valence electrons. The molecular weight excluding hydrogens is 593 g/mol. The summed E-state index contributed by atoms with van der Waals surface area (Å²) >= 11 is 12.3. The lowest BCUT2D eigenvalue weighted by molar-refractivity contribution is 0.0941. The van der Waals surface area contributed by atoms with Gasteiger partial charge in [0.25, 0.3) is 5.91 Å². The molecular formula is C28H29Cl2N3O5S2. The standard InChI is InChI=1S/C28H29Cl2N3O5S2/c1-39(35,36)33(25-4-2-3-21(15-25)28(34)31-24-13-14-40(37,38)18-24)26-16-32(17-26)27(19-5-9-22(29)10-6-19)20-7-11-23(30)12-8-20/h2-12,15,24,26-27H,13-14,16-18H2,1H3,(H,31,34). The highest BCUT2D eigenvalue weighted by Crippen LogP contribution is 2.36. The Morgan fingerprint density at radius 1 is 0.975 bits per heavy atom. The van der Waals surface area contributed by atoms with E-state index in [-0.39, 0.29) is 29.2 Å². The molecule has 0 radical (unpaired) electrons. The van der Waals surface area contributed by atoms with Gasteiger partial charge in [-0.1, -0.05) is 53.5 Å². The van der Waals surface area contributed by atoms with Crippen LogP contribution in [-0.4, -0.2) is 70.6 Å². The minimum atomic E-state index is -3.69. The largest absolute Gasteiger partial charge is 0.348 e. The highest BCUT2D eigenvalue weighted by atomic mass is 35.5. The van der Waals surface area contributed by atoms with Crippen molar-refractivity contribution in [1.82, 2.24) is 10.2 Å². The molecule has 40 heavy (non-hydrogen) atoms. The van der Waals surface area contributed by atoms with E-state index in [1.54, 1.807) is 24.3 Å². The topological polar surface area (TPSA) is 104 Å². The molecule has 2 aliphatic rings. The van der Waals surface area contributed by atoms with Crippen LogP contribution in [0.1, 0.15) is 33.9 Å². The van der Waals surface area contributed by atoms with E-state index >= 15 is 0 Å². The summed E-state index contributed by atoms with van der Waals surface area (Å²) in [5.74, 6) is -0.475. The maximum Gasteiger partial charge on any atom is 0.251 e. The lowest BCUT2D eigenvalue weighted by atomic mass is 9.93. The zero-order valence-corrected chi connectivity index (χ0v) is 24.8. The van der Waals surface area contributed by atoms with Gasteiger partial charge in [0.2, 0.25) is 10.0 Å². The van der Waals surface area contributed by atoms with Crippen LogP contribution in [0.15, 0.2) is 72.8 Å². The Morgan fingerprint density at radius 3 is 2.05 bits per heavy atom. The lowest BCUT2D eigenvalue weighted by Crippen LogP contribution is -2.61. The molecule has 3 aromatic carbocycles. The second kappa shape index (κ2) is 11.3. The fourth-order valence-electron chi connectivity index (χ4n) is 5.39. The zero-order chi connectivity index (χ0) is 28.7. The fraction of sp³-hybridized carbons (Fsp3) is 0.321. The van der Waals surface area contributed by atoms with Crippen molar-refractivity contribution in [1.29, 1.82) is 0 Å². The Kier molecular flexibility index (Phi) is 8.18. The van der Waals surface area contributed by atoms with Crippen LogP contribution in [0.4, 0.5) is 5.69 Å². The van der Waals surface area contributed by atoms with E-state index in [1.165, 1.54) is 4.31 Å². The summed E-state index contributed by atoms with van der Waals surface area (Å²) in [5, 5.41) is 4.02. The first kappa shape index (κ1) is 28.9. The maximum atomic E-state index is 13.0. The highest BCUT2D eigenvalue weighted by Gasteiger charge is 2.41. The molecule has 1 unspecified atom stereocenters. The zero-order valence-electron chi connectivity index (χ0n) is 21.7. The predicted octanol–water partition coefficient (Wildman–Crippen LogP) is 4.15. The maximum absolute atomic E-state index is 13.0. The summed E-state index contributed by atoms with van der Waals surface area (Å²) < 4.78 is 50.9. The number of carbonyl (C=O) groups excluding carboxylic acids is 1. The Morgan fingerprint density at radius 2 is 1.55 bits per heavy atom. The molecule has 8 nitrogen and oxygen atoms in total. The quantitative estimate of drug-likeness (QED) is 0.405. The number of amides is 1. The van der Waals surface area contributed by atoms with Crippen LogP contribution in [0, 0.1) is 0 Å². The summed E-state index contributed by atoms with van der Waals surface area (Å²) in [4.78, 5) is 15.1. The van der Waals surface area contributed by atoms with Crippen molar-refractivity contribution in [2.45, 2.75) is 24.5 Å². The van der Waals surface area contributed by atoms with Crippen LogP contribution in [0.5, 0.6) is 0 Å². The van der Waals surface area contributed by atoms with Gasteiger partial charge in [-0.2, -0.15) is 0 Å². The van der Waals surface area contributed by atoms with Gasteiger partial charge in [-0.3, -0.25) is 14.0 Å². The van der Waals surface area contributed by atoms with Crippen molar-refractivity contribution in [2.24, 2.45) is 0 Å². The van der Waals surface area contributed by atoms with Gasteiger partial charge in [0.1, 0.15) is 0 Å². The third-order valence-electron chi connectivity index (χ3n) is 7.25. The number of hydrogen-bond acceptors (Lipinski definition) is 6. The van der Waals surface area contributed by atoms with E-state index in [0.717, 1.165) is 17.4 Å². The highest BCUT2D eigenvalue weighted by molar-refractivity contribution is 7.92. The summed E-state index contributed by atoms with van der Waals surface area (Å²) in [7, 11) is -6.84. The Balaban J connectivity index is 1.37. The SMILES string of the molecule is CS(=O)(=O)N(c1cccc(C(=O)NC2CCS(=O)(=O)C2)c1)C1CN(C(c2ccc(Cl)cc2)c2ccc(Cl)cc2)C1. The number of sulfonamides is 1. The third kappa shape index (κ3) is 6.47. The molecule has 1 atom stereocenters. The molecule has 0 spiro atoms. The molecule has 5 rings (SSSR count). The molecule has 1 amide bonds. The van der Waals surface area contributed by atoms with Crippen LogP contribution in [0.25, 0.3) is 0 Å². The first-order chi connectivity index (χ1) is 18.9. The van der Waals surface area contributed by atoms with E-state index in [1.807, 2.05) is 48.5 Å². The first-order valence-corrected chi connectivity index (χ1v) is 17.2. The lowest BCUT2D eigenvalue weighted by Gasteiger charge is -2.48. The molecule has 2 fully saturated rings. The average molecular weight is 623 g/mol. The van der Waals surface area contributed by atoms with Gasteiger partial charge in [-0.25, -0.2) is 16.8 Å². The van der Waals surface area contributed by atoms with Crippen LogP contribution in [0.3, 0.4) is 0 Å². The summed E-state index contributed by atoms with van der Waals surface area (Å²) in [6, 6.07) is 20.6. The molecule has 2 heterocycles. The molecule has 0 bridgehead atoms. The van der Waals surface area contributed by atoms with Crippen LogP contribution >= 0.6 is 23.2 Å². The number of likely N-dealkylation sites (tertiary alicyclic amines) is 1. The van der Waals surface area contributed by atoms with Crippen molar-refractivity contribution in [3.8, 4) is 0 Å². The van der Waals surface area contributed by atoms with E-state index in [2.05, 4.69) is 10.2 Å². The number of rotatable bonds is 8. The van der Waals surface area contributed by atoms with Gasteiger partial charge in [-0.15, -0.1) is 0 Å². The van der Waals surface area contributed by atoms with Gasteiger partial charge in [-0.05, 0) is 60.0 Å². The number of anilines is 1. The van der Waals surface area contributed by atoms with E-state index < -0.39 is 31.8 Å². The number of nitrogens with one attached hydrogen (secondary N) is 1. The monoisotopic (exact) mass is 621 g/mol. The molecule has 0 aliphatic carbocycles. The van der Waals surface area contributed by atoms with Crippen LogP contribution < -0.4 is 9.62 Å². The van der Waals surface area contributed by atoms with Crippen molar-refractivity contribution in [3.63, 3.8) is 0 Å². The number of benzene rings is 3. The second-order valence-corrected chi connectivity index (χ2v) is 15.3. The minimum Gasteiger partial charge on any atom is -0.348 e. The van der Waals surface area contributed by atoms with Crippen LogP contribution in [-0.2, 0) is 19.9 Å². The number of halogens is 2. The van der Waals surface area contributed by atoms with Crippen LogP contribution in [0.2, 0.25) is 10.0 Å². The Labute approximate surface area is 244 Å². The van der Waals surface area contributed by atoms with E-state index in [0.29, 0.717) is 35.2 Å². The van der Waals surface area contributed by atoms with Gasteiger partial charge >= 0.3 is 0 Å².